The lowest BCUT2D eigenvalue weighted by atomic mass is 10.1. The summed E-state index contributed by atoms with van der Waals surface area (Å²) in [7, 11) is 0. The third kappa shape index (κ3) is 0.337. The molecular formula is C4H7NO. The molecule has 0 aromatic rings. The smallest absolute Gasteiger partial charge is 0.163 e. The van der Waals surface area contributed by atoms with E-state index in [1.165, 1.54) is 0 Å². The molecule has 34 valence electrons. The molecule has 0 aromatic carbocycles. The molecule has 0 aliphatic carbocycles. The van der Waals surface area contributed by atoms with Gasteiger partial charge in [-0.25, -0.2) is 0 Å². The quantitative estimate of drug-likeness (QED) is 0.431. The molecule has 1 fully saturated rings. The second-order valence-corrected chi connectivity index (χ2v) is 1.57. The van der Waals surface area contributed by atoms with Crippen molar-refractivity contribution in [1.82, 2.24) is 5.32 Å². The van der Waals surface area contributed by atoms with E-state index in [1.807, 2.05) is 6.92 Å². The van der Waals surface area contributed by atoms with Crippen LogP contribution >= 0.6 is 0 Å². The second kappa shape index (κ2) is 1.05. The number of nitrogens with one attached hydrogen (secondary N) is 1. The van der Waals surface area contributed by atoms with E-state index in [-0.39, 0.29) is 6.04 Å². The van der Waals surface area contributed by atoms with E-state index in [0.29, 0.717) is 12.3 Å². The lowest BCUT2D eigenvalue weighted by Crippen LogP contribution is -2.51. The molecular weight excluding hydrogens is 78.0 g/mol. The van der Waals surface area contributed by atoms with Crippen LogP contribution in [-0.2, 0) is 4.79 Å². The van der Waals surface area contributed by atoms with Crippen LogP contribution in [0.5, 0.6) is 0 Å². The molecule has 1 aliphatic heterocycles. The minimum atomic E-state index is 0.144. The summed E-state index contributed by atoms with van der Waals surface area (Å²) in [6, 6.07) is 0.144. The van der Waals surface area contributed by atoms with E-state index in [2.05, 4.69) is 5.32 Å². The predicted molar refractivity (Wildman–Crippen MR) is 22.5 cm³/mol. The maximum Gasteiger partial charge on any atom is 0.163 e. The molecule has 1 saturated heterocycles. The van der Waals surface area contributed by atoms with Gasteiger partial charge in [-0.05, 0) is 6.92 Å². The van der Waals surface area contributed by atoms with Crippen molar-refractivity contribution in [1.29, 1.82) is 0 Å². The van der Waals surface area contributed by atoms with Gasteiger partial charge in [-0.3, -0.25) is 4.79 Å². The van der Waals surface area contributed by atoms with Gasteiger partial charge in [-0.1, -0.05) is 0 Å². The van der Waals surface area contributed by atoms with Crippen molar-refractivity contribution in [2.24, 2.45) is 0 Å². The molecule has 1 heterocycles. The number of carbonyl (C=O) groups is 1. The van der Waals surface area contributed by atoms with Gasteiger partial charge in [0.15, 0.2) is 5.78 Å². The van der Waals surface area contributed by atoms with Gasteiger partial charge in [0.05, 0.1) is 12.6 Å². The molecule has 0 radical (unpaired) electrons. The van der Waals surface area contributed by atoms with Crippen LogP contribution in [0.2, 0.25) is 0 Å². The highest BCUT2D eigenvalue weighted by atomic mass is 16.1. The van der Waals surface area contributed by atoms with Crippen LogP contribution in [0.15, 0.2) is 0 Å². The van der Waals surface area contributed by atoms with Crippen LogP contribution in [-0.4, -0.2) is 18.4 Å². The largest absolute Gasteiger partial charge is 0.301 e. The Morgan fingerprint density at radius 1 is 2.00 bits per heavy atom. The summed E-state index contributed by atoms with van der Waals surface area (Å²) < 4.78 is 0. The highest BCUT2D eigenvalue weighted by Gasteiger charge is 2.20. The summed E-state index contributed by atoms with van der Waals surface area (Å²) in [6.45, 7) is 2.45. The number of rotatable bonds is 0. The summed E-state index contributed by atoms with van der Waals surface area (Å²) in [4.78, 5) is 10.2. The second-order valence-electron chi connectivity index (χ2n) is 1.57. The number of ketones is 1. The molecule has 0 unspecified atom stereocenters. The van der Waals surface area contributed by atoms with Gasteiger partial charge >= 0.3 is 0 Å². The van der Waals surface area contributed by atoms with Crippen LogP contribution in [0.3, 0.4) is 0 Å². The van der Waals surface area contributed by atoms with Gasteiger partial charge in [0, 0.05) is 0 Å². The molecule has 6 heavy (non-hydrogen) atoms. The van der Waals surface area contributed by atoms with Gasteiger partial charge in [-0.2, -0.15) is 0 Å². The molecule has 1 rings (SSSR count). The molecule has 2 nitrogen and oxygen atoms in total. The molecule has 1 aliphatic rings. The monoisotopic (exact) mass is 85.1 g/mol. The van der Waals surface area contributed by atoms with E-state index in [9.17, 15) is 4.79 Å². The van der Waals surface area contributed by atoms with Crippen molar-refractivity contribution >= 4 is 5.78 Å². The van der Waals surface area contributed by atoms with Crippen LogP contribution in [0, 0.1) is 0 Å². The summed E-state index contributed by atoms with van der Waals surface area (Å²) in [6.07, 6.45) is 0. The van der Waals surface area contributed by atoms with Gasteiger partial charge in [0.1, 0.15) is 0 Å². The lowest BCUT2D eigenvalue weighted by molar-refractivity contribution is -0.124. The maximum atomic E-state index is 10.2. The van der Waals surface area contributed by atoms with E-state index in [1.54, 1.807) is 0 Å². The summed E-state index contributed by atoms with van der Waals surface area (Å²) in [5, 5.41) is 2.91. The van der Waals surface area contributed by atoms with E-state index in [0.717, 1.165) is 0 Å². The van der Waals surface area contributed by atoms with Crippen LogP contribution in [0.1, 0.15) is 6.92 Å². The molecule has 0 bridgehead atoms. The Morgan fingerprint density at radius 3 is 2.50 bits per heavy atom. The van der Waals surface area contributed by atoms with Gasteiger partial charge in [0.25, 0.3) is 0 Å². The Bertz CT molecular complexity index is 79.6. The zero-order chi connectivity index (χ0) is 4.57. The van der Waals surface area contributed by atoms with Gasteiger partial charge in [-0.15, -0.1) is 0 Å². The minimum absolute atomic E-state index is 0.144. The average Bonchev–Trinajstić information content (AvgIpc) is 1.61. The zero-order valence-electron chi connectivity index (χ0n) is 3.69. The first-order valence-corrected chi connectivity index (χ1v) is 2.07. The lowest BCUT2D eigenvalue weighted by Gasteiger charge is -2.20. The molecule has 0 aromatic heterocycles. The number of Topliss-reactive ketones (excluding diaryl/α,β-unsaturated/α-hetero) is 1. The molecule has 0 saturated carbocycles. The topological polar surface area (TPSA) is 29.1 Å². The number of hydrogen-bond acceptors (Lipinski definition) is 2. The van der Waals surface area contributed by atoms with E-state index in [4.69, 9.17) is 0 Å². The first-order chi connectivity index (χ1) is 2.80. The van der Waals surface area contributed by atoms with Gasteiger partial charge < -0.3 is 5.32 Å². The predicted octanol–water partition coefficient (Wildman–Crippen LogP) is -0.453. The molecule has 0 spiro atoms. The Labute approximate surface area is 36.5 Å². The van der Waals surface area contributed by atoms with Crippen molar-refractivity contribution < 1.29 is 4.79 Å². The highest BCUT2D eigenvalue weighted by molar-refractivity contribution is 5.90. The van der Waals surface area contributed by atoms with Crippen molar-refractivity contribution in [3.8, 4) is 0 Å². The van der Waals surface area contributed by atoms with Crippen LogP contribution < -0.4 is 5.32 Å². The van der Waals surface area contributed by atoms with Crippen molar-refractivity contribution in [2.75, 3.05) is 6.54 Å². The standard InChI is InChI=1S/C4H7NO/c1-3-4(6)2-5-3/h3,5H,2H2,1H3/t3-/m0/s1. The third-order valence-electron chi connectivity index (χ3n) is 1.07. The molecule has 1 atom stereocenters. The van der Waals surface area contributed by atoms with Crippen molar-refractivity contribution in [3.05, 3.63) is 0 Å². The number of hydrogen-bond donors (Lipinski definition) is 1. The third-order valence-corrected chi connectivity index (χ3v) is 1.07. The fourth-order valence-corrected chi connectivity index (χ4v) is 0.390. The first kappa shape index (κ1) is 3.81. The normalized spacial score (nSPS) is 32.8. The van der Waals surface area contributed by atoms with E-state index < -0.39 is 0 Å². The average molecular weight is 85.1 g/mol. The minimum Gasteiger partial charge on any atom is -0.301 e. The number of carbonyl (C=O) groups excluding carboxylic acids is 1. The van der Waals surface area contributed by atoms with E-state index >= 15 is 0 Å². The molecule has 0 amide bonds. The van der Waals surface area contributed by atoms with Crippen LogP contribution in [0.4, 0.5) is 0 Å². The van der Waals surface area contributed by atoms with Crippen molar-refractivity contribution in [3.63, 3.8) is 0 Å². The Kier molecular flexibility index (Phi) is 0.665. The SMILES string of the molecule is C[C@@H]1NCC1=O. The highest BCUT2D eigenvalue weighted by Crippen LogP contribution is 1.91. The van der Waals surface area contributed by atoms with Crippen molar-refractivity contribution in [2.45, 2.75) is 13.0 Å². The Morgan fingerprint density at radius 2 is 2.50 bits per heavy atom. The fourth-order valence-electron chi connectivity index (χ4n) is 0.390. The fraction of sp³-hybridized carbons (Fsp3) is 0.750. The first-order valence-electron chi connectivity index (χ1n) is 2.07. The Balaban J connectivity index is 2.39. The van der Waals surface area contributed by atoms with Gasteiger partial charge in [0.2, 0.25) is 0 Å². The summed E-state index contributed by atoms with van der Waals surface area (Å²) >= 11 is 0. The summed E-state index contributed by atoms with van der Waals surface area (Å²) in [5.74, 6) is 0.329. The maximum absolute atomic E-state index is 10.2. The van der Waals surface area contributed by atoms with Crippen LogP contribution in [0.25, 0.3) is 0 Å². The summed E-state index contributed by atoms with van der Waals surface area (Å²) in [5.41, 5.74) is 0. The Hall–Kier alpha value is -0.370. The molecule has 2 heteroatoms. The molecule has 1 N–H and O–H groups in total. The zero-order valence-corrected chi connectivity index (χ0v) is 3.69.